The first-order chi connectivity index (χ1) is 19.9. The Labute approximate surface area is 247 Å². The fourth-order valence-corrected chi connectivity index (χ4v) is 6.52. The van der Waals surface area contributed by atoms with Crippen molar-refractivity contribution < 1.29 is 27.0 Å². The van der Waals surface area contributed by atoms with Crippen molar-refractivity contribution in [3.8, 4) is 11.5 Å². The van der Waals surface area contributed by atoms with Gasteiger partial charge in [0.2, 0.25) is 0 Å². The summed E-state index contributed by atoms with van der Waals surface area (Å²) in [5.41, 5.74) is 6.94. The first kappa shape index (κ1) is 27.7. The third-order valence-electron chi connectivity index (χ3n) is 7.05. The van der Waals surface area contributed by atoms with Crippen molar-refractivity contribution >= 4 is 44.6 Å². The van der Waals surface area contributed by atoms with Crippen LogP contribution in [0.5, 0.6) is 11.5 Å². The van der Waals surface area contributed by atoms with E-state index in [9.17, 15) is 17.6 Å². The van der Waals surface area contributed by atoms with Crippen LogP contribution in [0.1, 0.15) is 42.0 Å². The Morgan fingerprint density at radius 1 is 0.854 bits per heavy atom. The number of aliphatic imine (C=N–C) groups is 1. The van der Waals surface area contributed by atoms with Crippen LogP contribution in [0.3, 0.4) is 0 Å². The van der Waals surface area contributed by atoms with Gasteiger partial charge in [-0.3, -0.25) is 0 Å². The number of nitrogens with zero attached hydrogens (tertiary/aromatic N) is 2. The molecule has 2 heterocycles. The lowest BCUT2D eigenvalue weighted by molar-refractivity contribution is -0.0505. The van der Waals surface area contributed by atoms with E-state index in [0.29, 0.717) is 0 Å². The Balaban J connectivity index is 1.41. The van der Waals surface area contributed by atoms with Crippen LogP contribution in [0, 0.1) is 0 Å². The molecule has 0 unspecified atom stereocenters. The van der Waals surface area contributed by atoms with Crippen molar-refractivity contribution in [1.82, 2.24) is 4.90 Å². The van der Waals surface area contributed by atoms with Gasteiger partial charge in [0, 0.05) is 9.88 Å². The molecular weight excluding hydrogens is 620 g/mol. The Morgan fingerprint density at radius 2 is 1.49 bits per heavy atom. The van der Waals surface area contributed by atoms with Crippen molar-refractivity contribution in [2.75, 3.05) is 0 Å². The third-order valence-corrected chi connectivity index (χ3v) is 8.41. The SMILES string of the molecule is FC(F)Oc1ccc(/C=C2/CCCC3=C2N=C2SC=C(c4ccc(Br)cc4)N2[C@@H]3c2ccc(OC(F)F)cc2)cc1. The number of fused-ring (bicyclic) bond motifs is 1. The molecule has 0 bridgehead atoms. The predicted octanol–water partition coefficient (Wildman–Crippen LogP) is 9.63. The maximum absolute atomic E-state index is 12.8. The number of benzene rings is 3. The van der Waals surface area contributed by atoms with E-state index >= 15 is 0 Å². The molecule has 1 aliphatic carbocycles. The van der Waals surface area contributed by atoms with Crippen LogP contribution in [0.2, 0.25) is 0 Å². The molecule has 3 aromatic rings. The summed E-state index contributed by atoms with van der Waals surface area (Å²) in [6.45, 7) is -5.77. The van der Waals surface area contributed by atoms with Crippen molar-refractivity contribution in [1.29, 1.82) is 0 Å². The zero-order valence-corrected chi connectivity index (χ0v) is 23.8. The van der Waals surface area contributed by atoms with E-state index in [-0.39, 0.29) is 17.5 Å². The largest absolute Gasteiger partial charge is 0.435 e. The lowest BCUT2D eigenvalue weighted by atomic mass is 9.82. The Bertz CT molecular complexity index is 1550. The number of thioether (sulfide) groups is 1. The molecule has 0 saturated carbocycles. The number of halogens is 5. The fourth-order valence-electron chi connectivity index (χ4n) is 5.33. The highest BCUT2D eigenvalue weighted by atomic mass is 79.9. The van der Waals surface area contributed by atoms with Gasteiger partial charge in [0.15, 0.2) is 5.17 Å². The summed E-state index contributed by atoms with van der Waals surface area (Å²) in [6.07, 6.45) is 4.58. The standard InChI is InChI=1S/C31H23BrF4N2O2S/c32-22-10-6-19(7-11-22)26-17-41-31-37-27-21(16-18-4-12-23(13-5-18)39-29(33)34)2-1-3-25(27)28(38(26)31)20-8-14-24(15-9-20)40-30(35)36/h4-17,28-30H,1-3H2/b21-16-/t28-/m1/s1. The summed E-state index contributed by atoms with van der Waals surface area (Å²) in [5, 5.41) is 2.92. The molecule has 0 fully saturated rings. The van der Waals surface area contributed by atoms with E-state index in [0.717, 1.165) is 68.1 Å². The third kappa shape index (κ3) is 5.94. The molecule has 0 saturated heterocycles. The number of hydrogen-bond donors (Lipinski definition) is 0. The first-order valence-corrected chi connectivity index (χ1v) is 14.6. The van der Waals surface area contributed by atoms with E-state index < -0.39 is 13.2 Å². The van der Waals surface area contributed by atoms with Gasteiger partial charge in [0.25, 0.3) is 0 Å². The van der Waals surface area contributed by atoms with E-state index in [1.54, 1.807) is 36.0 Å². The lowest BCUT2D eigenvalue weighted by Crippen LogP contribution is -2.34. The van der Waals surface area contributed by atoms with Gasteiger partial charge in [-0.15, -0.1) is 0 Å². The molecule has 1 atom stereocenters. The molecule has 210 valence electrons. The molecule has 0 N–H and O–H groups in total. The molecule has 6 rings (SSSR count). The highest BCUT2D eigenvalue weighted by Gasteiger charge is 2.40. The summed E-state index contributed by atoms with van der Waals surface area (Å²) in [5.74, 6) is 0.207. The Kier molecular flexibility index (Phi) is 7.94. The molecule has 3 aliphatic rings. The average molecular weight is 644 g/mol. The number of rotatable bonds is 7. The van der Waals surface area contributed by atoms with Gasteiger partial charge in [0.1, 0.15) is 11.5 Å². The maximum Gasteiger partial charge on any atom is 0.387 e. The summed E-state index contributed by atoms with van der Waals surface area (Å²) in [7, 11) is 0. The number of ether oxygens (including phenoxy) is 2. The molecule has 2 aliphatic heterocycles. The molecule has 41 heavy (non-hydrogen) atoms. The molecule has 0 radical (unpaired) electrons. The van der Waals surface area contributed by atoms with Crippen LogP contribution < -0.4 is 9.47 Å². The van der Waals surface area contributed by atoms with Gasteiger partial charge in [-0.05, 0) is 89.6 Å². The van der Waals surface area contributed by atoms with Gasteiger partial charge < -0.3 is 14.4 Å². The minimum absolute atomic E-state index is 0.102. The molecule has 0 spiro atoms. The highest BCUT2D eigenvalue weighted by Crippen LogP contribution is 2.51. The quantitative estimate of drug-likeness (QED) is 0.240. The van der Waals surface area contributed by atoms with E-state index in [4.69, 9.17) is 4.99 Å². The first-order valence-electron chi connectivity index (χ1n) is 12.9. The topological polar surface area (TPSA) is 34.1 Å². The van der Waals surface area contributed by atoms with Crippen molar-refractivity contribution in [3.63, 3.8) is 0 Å². The zero-order valence-electron chi connectivity index (χ0n) is 21.4. The minimum Gasteiger partial charge on any atom is -0.435 e. The van der Waals surface area contributed by atoms with E-state index in [1.807, 2.05) is 42.5 Å². The highest BCUT2D eigenvalue weighted by molar-refractivity contribution is 9.10. The second-order valence-corrected chi connectivity index (χ2v) is 11.3. The molecular formula is C31H23BrF4N2O2S. The Hall–Kier alpha value is -3.50. The van der Waals surface area contributed by atoms with Crippen LogP contribution >= 0.6 is 27.7 Å². The van der Waals surface area contributed by atoms with E-state index in [2.05, 4.69) is 35.7 Å². The van der Waals surface area contributed by atoms with Crippen LogP contribution in [0.4, 0.5) is 17.6 Å². The summed E-state index contributed by atoms with van der Waals surface area (Å²) < 4.78 is 60.9. The number of allylic oxidation sites excluding steroid dienone is 1. The predicted molar refractivity (Wildman–Crippen MR) is 157 cm³/mol. The van der Waals surface area contributed by atoms with Gasteiger partial charge in [-0.1, -0.05) is 64.1 Å². The Morgan fingerprint density at radius 3 is 2.12 bits per heavy atom. The van der Waals surface area contributed by atoms with Gasteiger partial charge in [-0.25, -0.2) is 4.99 Å². The normalized spacial score (nSPS) is 19.3. The monoisotopic (exact) mass is 642 g/mol. The van der Waals surface area contributed by atoms with Crippen LogP contribution in [0.15, 0.2) is 105 Å². The van der Waals surface area contributed by atoms with Crippen molar-refractivity contribution in [2.24, 2.45) is 4.99 Å². The smallest absolute Gasteiger partial charge is 0.387 e. The molecule has 0 amide bonds. The summed E-state index contributed by atoms with van der Waals surface area (Å²) in [4.78, 5) is 7.35. The van der Waals surface area contributed by atoms with Crippen molar-refractivity contribution in [2.45, 2.75) is 38.5 Å². The second kappa shape index (κ2) is 11.8. The molecule has 4 nitrogen and oxygen atoms in total. The zero-order chi connectivity index (χ0) is 28.5. The van der Waals surface area contributed by atoms with Crippen LogP contribution in [0.25, 0.3) is 11.8 Å². The van der Waals surface area contributed by atoms with Crippen LogP contribution in [-0.4, -0.2) is 23.3 Å². The average Bonchev–Trinajstić information content (AvgIpc) is 3.37. The molecule has 3 aromatic carbocycles. The molecule has 10 heteroatoms. The molecule has 0 aromatic heterocycles. The number of alkyl halides is 4. The summed E-state index contributed by atoms with van der Waals surface area (Å²) in [6, 6.07) is 21.2. The lowest BCUT2D eigenvalue weighted by Gasteiger charge is -2.40. The van der Waals surface area contributed by atoms with Gasteiger partial charge in [0.05, 0.1) is 17.4 Å². The fraction of sp³-hybridized carbons (Fsp3) is 0.194. The van der Waals surface area contributed by atoms with Gasteiger partial charge >= 0.3 is 13.2 Å². The number of hydrogen-bond acceptors (Lipinski definition) is 5. The maximum atomic E-state index is 12.8. The van der Waals surface area contributed by atoms with Crippen LogP contribution in [-0.2, 0) is 0 Å². The number of amidine groups is 1. The van der Waals surface area contributed by atoms with Crippen molar-refractivity contribution in [3.05, 3.63) is 116 Å². The second-order valence-electron chi connectivity index (χ2n) is 9.59. The summed E-state index contributed by atoms with van der Waals surface area (Å²) >= 11 is 5.05. The van der Waals surface area contributed by atoms with Gasteiger partial charge in [-0.2, -0.15) is 17.6 Å². The minimum atomic E-state index is -2.90. The van der Waals surface area contributed by atoms with E-state index in [1.165, 1.54) is 12.1 Å².